The average Bonchev–Trinajstić information content (AvgIpc) is 2.91. The molecule has 0 bridgehead atoms. The van der Waals surface area contributed by atoms with Crippen LogP contribution >= 0.6 is 0 Å². The summed E-state index contributed by atoms with van der Waals surface area (Å²) >= 11 is 0. The van der Waals surface area contributed by atoms with Crippen molar-refractivity contribution in [2.75, 3.05) is 33.1 Å². The van der Waals surface area contributed by atoms with E-state index in [1.807, 2.05) is 29.8 Å². The minimum atomic E-state index is -4.46. The maximum Gasteiger partial charge on any atom is 0.265 e. The zero-order chi connectivity index (χ0) is 28.6. The number of aryl methyl sites for hydroxylation is 1. The summed E-state index contributed by atoms with van der Waals surface area (Å²) in [7, 11) is 0.725. The molecule has 1 atom stereocenters. The summed E-state index contributed by atoms with van der Waals surface area (Å²) in [6.07, 6.45) is 4.93. The largest absolute Gasteiger partial charge is 0.379 e. The summed E-state index contributed by atoms with van der Waals surface area (Å²) in [6.45, 7) is 0.685. The van der Waals surface area contributed by atoms with Gasteiger partial charge in [0.15, 0.2) is 0 Å². The number of ether oxygens (including phenoxy) is 1. The molecular formula is C28H36F2N4O4S. The maximum absolute atomic E-state index is 15.4. The van der Waals surface area contributed by atoms with Gasteiger partial charge in [0, 0.05) is 13.2 Å². The number of hydrogen-bond donors (Lipinski definition) is 2. The molecule has 0 saturated heterocycles. The Hall–Kier alpha value is -3.07. The van der Waals surface area contributed by atoms with Crippen LogP contribution in [-0.2, 0) is 26.0 Å². The summed E-state index contributed by atoms with van der Waals surface area (Å²) in [5.41, 5.74) is -0.643. The van der Waals surface area contributed by atoms with Gasteiger partial charge in [-0.15, -0.1) is 0 Å². The molecule has 1 amide bonds. The number of sulfonamides is 1. The van der Waals surface area contributed by atoms with Crippen LogP contribution in [-0.4, -0.2) is 58.6 Å². The molecule has 2 N–H and O–H groups in total. The number of carbonyl (C=O) groups excluding carboxylic acids is 1. The standard InChI is InChI=1S/C28H36F2N4O4S/c1-34(2)16-13-23(12-9-20-7-10-22(29)11-8-20)32-26-21(19-31)17-24(18-25(26)30)39(36,37)33-27(35)28(38-3)14-5-4-6-15-28/h7-8,10-11,17-18,23,32H,4-6,9,12-16H2,1-3H3,(H,33,35)/t23-/m0/s1. The van der Waals surface area contributed by atoms with Crippen LogP contribution in [0.15, 0.2) is 41.3 Å². The first kappa shape index (κ1) is 30.5. The zero-order valence-electron chi connectivity index (χ0n) is 22.6. The summed E-state index contributed by atoms with van der Waals surface area (Å²) in [5.74, 6) is -2.04. The smallest absolute Gasteiger partial charge is 0.265 e. The zero-order valence-corrected chi connectivity index (χ0v) is 23.4. The van der Waals surface area contributed by atoms with Gasteiger partial charge in [-0.2, -0.15) is 5.26 Å². The van der Waals surface area contributed by atoms with E-state index in [1.54, 1.807) is 12.1 Å². The Morgan fingerprint density at radius 3 is 2.38 bits per heavy atom. The average molecular weight is 563 g/mol. The molecule has 0 radical (unpaired) electrons. The molecule has 11 heteroatoms. The van der Waals surface area contributed by atoms with Crippen molar-refractivity contribution in [3.8, 4) is 6.07 Å². The van der Waals surface area contributed by atoms with Crippen molar-refractivity contribution in [2.45, 2.75) is 67.9 Å². The number of anilines is 1. The van der Waals surface area contributed by atoms with Gasteiger partial charge in [-0.25, -0.2) is 21.9 Å². The monoisotopic (exact) mass is 562 g/mol. The fourth-order valence-corrected chi connectivity index (χ4v) is 5.87. The van der Waals surface area contributed by atoms with Crippen molar-refractivity contribution in [3.05, 3.63) is 59.2 Å². The van der Waals surface area contributed by atoms with Crippen molar-refractivity contribution in [2.24, 2.45) is 0 Å². The SMILES string of the molecule is COC1(C(=O)NS(=O)(=O)c2cc(F)c(N[C@@H](CCc3ccc(F)cc3)CCN(C)C)c(C#N)c2)CCCCC1. The molecule has 1 aliphatic carbocycles. The molecule has 1 aliphatic rings. The molecule has 0 heterocycles. The highest BCUT2D eigenvalue weighted by atomic mass is 32.2. The molecular weight excluding hydrogens is 526 g/mol. The Balaban J connectivity index is 1.82. The highest BCUT2D eigenvalue weighted by Crippen LogP contribution is 2.32. The number of carbonyl (C=O) groups is 1. The van der Waals surface area contributed by atoms with Gasteiger partial charge >= 0.3 is 0 Å². The van der Waals surface area contributed by atoms with Crippen LogP contribution < -0.4 is 10.0 Å². The van der Waals surface area contributed by atoms with E-state index in [1.165, 1.54) is 19.2 Å². The van der Waals surface area contributed by atoms with Crippen molar-refractivity contribution in [1.82, 2.24) is 9.62 Å². The van der Waals surface area contributed by atoms with Crippen LogP contribution in [0.4, 0.5) is 14.5 Å². The molecule has 1 fully saturated rings. The number of amides is 1. The number of nitriles is 1. The molecule has 3 rings (SSSR count). The van der Waals surface area contributed by atoms with Crippen molar-refractivity contribution >= 4 is 21.6 Å². The topological polar surface area (TPSA) is 112 Å². The highest BCUT2D eigenvalue weighted by Gasteiger charge is 2.41. The molecule has 1 saturated carbocycles. The Morgan fingerprint density at radius 2 is 1.79 bits per heavy atom. The normalized spacial score (nSPS) is 15.9. The minimum Gasteiger partial charge on any atom is -0.379 e. The number of hydrogen-bond acceptors (Lipinski definition) is 7. The van der Waals surface area contributed by atoms with Crippen molar-refractivity contribution in [1.29, 1.82) is 5.26 Å². The molecule has 0 aliphatic heterocycles. The van der Waals surface area contributed by atoms with Gasteiger partial charge in [-0.1, -0.05) is 31.4 Å². The third-order valence-electron chi connectivity index (χ3n) is 7.16. The highest BCUT2D eigenvalue weighted by molar-refractivity contribution is 7.90. The van der Waals surface area contributed by atoms with Crippen LogP contribution in [0, 0.1) is 23.0 Å². The van der Waals surface area contributed by atoms with Crippen molar-refractivity contribution in [3.63, 3.8) is 0 Å². The number of nitrogens with one attached hydrogen (secondary N) is 2. The summed E-state index contributed by atoms with van der Waals surface area (Å²) in [5, 5.41) is 12.8. The molecule has 8 nitrogen and oxygen atoms in total. The van der Waals surface area contributed by atoms with Crippen molar-refractivity contribution < 1.29 is 26.7 Å². The summed E-state index contributed by atoms with van der Waals surface area (Å²) in [6, 6.07) is 9.63. The van der Waals surface area contributed by atoms with Gasteiger partial charge in [0.25, 0.3) is 15.9 Å². The van der Waals surface area contributed by atoms with Gasteiger partial charge in [-0.3, -0.25) is 4.79 Å². The first-order chi connectivity index (χ1) is 18.5. The van der Waals surface area contributed by atoms with E-state index < -0.39 is 32.2 Å². The van der Waals surface area contributed by atoms with E-state index in [2.05, 4.69) is 5.32 Å². The predicted octanol–water partition coefficient (Wildman–Crippen LogP) is 4.36. The van der Waals surface area contributed by atoms with Crippen LogP contribution in [0.1, 0.15) is 56.1 Å². The maximum atomic E-state index is 15.4. The van der Waals surface area contributed by atoms with E-state index in [0.717, 1.165) is 37.0 Å². The third-order valence-corrected chi connectivity index (χ3v) is 8.47. The molecule has 2 aromatic carbocycles. The quantitative estimate of drug-likeness (QED) is 0.396. The molecule has 0 unspecified atom stereocenters. The fraction of sp³-hybridized carbons (Fsp3) is 0.500. The Kier molecular flexibility index (Phi) is 10.4. The van der Waals surface area contributed by atoms with E-state index in [-0.39, 0.29) is 23.1 Å². The Morgan fingerprint density at radius 1 is 1.13 bits per heavy atom. The number of halogens is 2. The van der Waals surface area contributed by atoms with Gasteiger partial charge in [0.1, 0.15) is 23.3 Å². The van der Waals surface area contributed by atoms with Gasteiger partial charge in [0.05, 0.1) is 16.1 Å². The first-order valence-corrected chi connectivity index (χ1v) is 14.5. The lowest BCUT2D eigenvalue weighted by Crippen LogP contribution is -2.51. The fourth-order valence-electron chi connectivity index (χ4n) is 4.79. The summed E-state index contributed by atoms with van der Waals surface area (Å²) in [4.78, 5) is 14.4. The molecule has 212 valence electrons. The van der Waals surface area contributed by atoms with E-state index in [0.29, 0.717) is 38.6 Å². The van der Waals surface area contributed by atoms with Gasteiger partial charge in [0.2, 0.25) is 0 Å². The molecule has 0 aromatic heterocycles. The number of rotatable bonds is 12. The van der Waals surface area contributed by atoms with Crippen LogP contribution in [0.5, 0.6) is 0 Å². The van der Waals surface area contributed by atoms with E-state index >= 15 is 4.39 Å². The van der Waals surface area contributed by atoms with Crippen LogP contribution in [0.3, 0.4) is 0 Å². The third kappa shape index (κ3) is 7.97. The second-order valence-corrected chi connectivity index (χ2v) is 11.9. The number of benzene rings is 2. The minimum absolute atomic E-state index is 0.105. The molecule has 2 aromatic rings. The lowest BCUT2D eigenvalue weighted by molar-refractivity contribution is -0.145. The second kappa shape index (κ2) is 13.3. The lowest BCUT2D eigenvalue weighted by Gasteiger charge is -2.34. The lowest BCUT2D eigenvalue weighted by atomic mass is 9.84. The predicted molar refractivity (Wildman–Crippen MR) is 145 cm³/mol. The molecule has 39 heavy (non-hydrogen) atoms. The van der Waals surface area contributed by atoms with Gasteiger partial charge < -0.3 is 15.0 Å². The molecule has 0 spiro atoms. The van der Waals surface area contributed by atoms with Crippen LogP contribution in [0.25, 0.3) is 0 Å². The van der Waals surface area contributed by atoms with E-state index in [9.17, 15) is 22.9 Å². The number of methoxy groups -OCH3 is 1. The Labute approximate surface area is 229 Å². The van der Waals surface area contributed by atoms with Gasteiger partial charge in [-0.05, 0) is 82.6 Å². The first-order valence-electron chi connectivity index (χ1n) is 13.0. The van der Waals surface area contributed by atoms with Crippen LogP contribution in [0.2, 0.25) is 0 Å². The Bertz CT molecular complexity index is 1290. The second-order valence-electron chi connectivity index (χ2n) is 10.2. The summed E-state index contributed by atoms with van der Waals surface area (Å²) < 4.78 is 62.2. The van der Waals surface area contributed by atoms with E-state index in [4.69, 9.17) is 4.74 Å². The number of nitrogens with zero attached hydrogens (tertiary/aromatic N) is 2.